The third kappa shape index (κ3) is 5.54. The zero-order chi connectivity index (χ0) is 18.2. The predicted octanol–water partition coefficient (Wildman–Crippen LogP) is 3.62. The lowest BCUT2D eigenvalue weighted by molar-refractivity contribution is -0.385. The van der Waals surface area contributed by atoms with Gasteiger partial charge in [-0.1, -0.05) is 12.1 Å². The summed E-state index contributed by atoms with van der Waals surface area (Å²) in [5, 5.41) is 18.2. The van der Waals surface area contributed by atoms with E-state index in [-0.39, 0.29) is 5.69 Å². The maximum Gasteiger partial charge on any atom is 0.272 e. The fourth-order valence-electron chi connectivity index (χ4n) is 2.03. The maximum absolute atomic E-state index is 10.9. The lowest BCUT2D eigenvalue weighted by atomic mass is 10.1. The van der Waals surface area contributed by atoms with Crippen molar-refractivity contribution in [1.29, 1.82) is 0 Å². The lowest BCUT2D eigenvalue weighted by Crippen LogP contribution is -2.23. The number of rotatable bonds is 6. The molecule has 0 aliphatic heterocycles. The van der Waals surface area contributed by atoms with Crippen LogP contribution in [-0.4, -0.2) is 22.9 Å². The number of hydrogen-bond acceptors (Lipinski definition) is 5. The van der Waals surface area contributed by atoms with Crippen molar-refractivity contribution in [3.8, 4) is 5.75 Å². The number of aryl methyl sites for hydroxylation is 1. The Labute approximate surface area is 150 Å². The van der Waals surface area contributed by atoms with Crippen molar-refractivity contribution in [3.63, 3.8) is 0 Å². The van der Waals surface area contributed by atoms with Crippen LogP contribution in [0, 0.1) is 17.0 Å². The number of thiocarbonyl (C=S) groups is 1. The van der Waals surface area contributed by atoms with Crippen LogP contribution in [-0.2, 0) is 0 Å². The Kier molecular flexibility index (Phi) is 6.41. The van der Waals surface area contributed by atoms with Crippen molar-refractivity contribution in [3.05, 3.63) is 63.7 Å². The molecule has 0 aromatic heterocycles. The number of nitrogens with one attached hydrogen (secondary N) is 2. The van der Waals surface area contributed by atoms with Crippen molar-refractivity contribution in [2.75, 3.05) is 11.9 Å². The van der Waals surface area contributed by atoms with E-state index in [0.29, 0.717) is 22.8 Å². The van der Waals surface area contributed by atoms with Gasteiger partial charge in [0.2, 0.25) is 0 Å². The second kappa shape index (κ2) is 8.74. The van der Waals surface area contributed by atoms with E-state index < -0.39 is 4.92 Å². The van der Waals surface area contributed by atoms with Gasteiger partial charge in [-0.2, -0.15) is 5.10 Å². The first-order valence-electron chi connectivity index (χ1n) is 7.57. The lowest BCUT2D eigenvalue weighted by Gasteiger charge is -2.08. The molecular weight excluding hydrogens is 340 g/mol. The Morgan fingerprint density at radius 2 is 2.04 bits per heavy atom. The van der Waals surface area contributed by atoms with Gasteiger partial charge in [0.15, 0.2) is 5.11 Å². The molecule has 2 N–H and O–H groups in total. The molecule has 0 saturated carbocycles. The van der Waals surface area contributed by atoms with Gasteiger partial charge >= 0.3 is 0 Å². The SMILES string of the molecule is CCOc1ccc(NC(=S)N/N=C\c2ccc(C)c([N+](=O)[O-])c2)cc1. The van der Waals surface area contributed by atoms with Crippen LogP contribution in [0.4, 0.5) is 11.4 Å². The number of anilines is 1. The van der Waals surface area contributed by atoms with Crippen molar-refractivity contribution in [2.45, 2.75) is 13.8 Å². The maximum atomic E-state index is 10.9. The topological polar surface area (TPSA) is 88.8 Å². The van der Waals surface area contributed by atoms with Crippen molar-refractivity contribution in [1.82, 2.24) is 5.43 Å². The van der Waals surface area contributed by atoms with E-state index in [1.54, 1.807) is 19.1 Å². The van der Waals surface area contributed by atoms with Gasteiger partial charge in [0, 0.05) is 22.9 Å². The quantitative estimate of drug-likeness (QED) is 0.355. The Morgan fingerprint density at radius 3 is 2.68 bits per heavy atom. The fraction of sp³-hybridized carbons (Fsp3) is 0.176. The van der Waals surface area contributed by atoms with Gasteiger partial charge in [-0.25, -0.2) is 0 Å². The number of ether oxygens (including phenoxy) is 1. The molecule has 25 heavy (non-hydrogen) atoms. The highest BCUT2D eigenvalue weighted by Crippen LogP contribution is 2.18. The fourth-order valence-corrected chi connectivity index (χ4v) is 2.20. The second-order valence-electron chi connectivity index (χ2n) is 5.08. The summed E-state index contributed by atoms with van der Waals surface area (Å²) in [7, 11) is 0. The minimum atomic E-state index is -0.418. The molecule has 0 bridgehead atoms. The molecule has 130 valence electrons. The highest BCUT2D eigenvalue weighted by Gasteiger charge is 2.09. The molecule has 0 amide bonds. The minimum Gasteiger partial charge on any atom is -0.494 e. The summed E-state index contributed by atoms with van der Waals surface area (Å²) < 4.78 is 5.37. The predicted molar refractivity (Wildman–Crippen MR) is 102 cm³/mol. The van der Waals surface area contributed by atoms with Crippen LogP contribution in [0.2, 0.25) is 0 Å². The summed E-state index contributed by atoms with van der Waals surface area (Å²) in [6, 6.07) is 12.2. The van der Waals surface area contributed by atoms with Crippen LogP contribution in [0.25, 0.3) is 0 Å². The number of nitrogens with zero attached hydrogens (tertiary/aromatic N) is 2. The first-order valence-corrected chi connectivity index (χ1v) is 7.98. The first-order chi connectivity index (χ1) is 12.0. The summed E-state index contributed by atoms with van der Waals surface area (Å²) in [5.41, 5.74) is 4.72. The molecule has 2 rings (SSSR count). The van der Waals surface area contributed by atoms with E-state index in [0.717, 1.165) is 11.4 Å². The van der Waals surface area contributed by atoms with Gasteiger partial charge < -0.3 is 10.1 Å². The normalized spacial score (nSPS) is 10.5. The Balaban J connectivity index is 1.92. The molecule has 0 unspecified atom stereocenters. The zero-order valence-corrected chi connectivity index (χ0v) is 14.7. The summed E-state index contributed by atoms with van der Waals surface area (Å²) in [4.78, 5) is 10.5. The third-order valence-electron chi connectivity index (χ3n) is 3.23. The number of nitro benzene ring substituents is 1. The molecule has 7 nitrogen and oxygen atoms in total. The molecule has 0 saturated heterocycles. The molecule has 0 radical (unpaired) electrons. The summed E-state index contributed by atoms with van der Waals surface area (Å²) in [5.74, 6) is 0.783. The average molecular weight is 358 g/mol. The highest BCUT2D eigenvalue weighted by molar-refractivity contribution is 7.80. The molecule has 0 aliphatic rings. The molecular formula is C17H18N4O3S. The minimum absolute atomic E-state index is 0.0547. The number of nitro groups is 1. The van der Waals surface area contributed by atoms with E-state index in [1.165, 1.54) is 12.3 Å². The van der Waals surface area contributed by atoms with Crippen LogP contribution >= 0.6 is 12.2 Å². The second-order valence-corrected chi connectivity index (χ2v) is 5.49. The van der Waals surface area contributed by atoms with E-state index >= 15 is 0 Å². The van der Waals surface area contributed by atoms with Crippen molar-refractivity contribution < 1.29 is 9.66 Å². The molecule has 0 atom stereocenters. The Morgan fingerprint density at radius 1 is 1.32 bits per heavy atom. The smallest absolute Gasteiger partial charge is 0.272 e. The van der Waals surface area contributed by atoms with Gasteiger partial charge in [-0.15, -0.1) is 0 Å². The van der Waals surface area contributed by atoms with Gasteiger partial charge in [-0.3, -0.25) is 15.5 Å². The van der Waals surface area contributed by atoms with Crippen LogP contribution in [0.15, 0.2) is 47.6 Å². The van der Waals surface area contributed by atoms with Crippen LogP contribution in [0.1, 0.15) is 18.1 Å². The molecule has 2 aromatic carbocycles. The summed E-state index contributed by atoms with van der Waals surface area (Å²) in [6.07, 6.45) is 1.47. The molecule has 0 aliphatic carbocycles. The van der Waals surface area contributed by atoms with Gasteiger partial charge in [0.25, 0.3) is 5.69 Å². The summed E-state index contributed by atoms with van der Waals surface area (Å²) >= 11 is 5.15. The molecule has 0 spiro atoms. The zero-order valence-electron chi connectivity index (χ0n) is 13.9. The van der Waals surface area contributed by atoms with Gasteiger partial charge in [-0.05, 0) is 50.3 Å². The largest absolute Gasteiger partial charge is 0.494 e. The van der Waals surface area contributed by atoms with Crippen LogP contribution in [0.3, 0.4) is 0 Å². The Hall–Kier alpha value is -3.00. The van der Waals surface area contributed by atoms with E-state index in [9.17, 15) is 10.1 Å². The number of hydrogen-bond donors (Lipinski definition) is 2. The highest BCUT2D eigenvalue weighted by atomic mass is 32.1. The van der Waals surface area contributed by atoms with Crippen molar-refractivity contribution >= 4 is 34.9 Å². The van der Waals surface area contributed by atoms with E-state index in [4.69, 9.17) is 17.0 Å². The molecule has 0 heterocycles. The van der Waals surface area contributed by atoms with Crippen LogP contribution < -0.4 is 15.5 Å². The van der Waals surface area contributed by atoms with Crippen molar-refractivity contribution in [2.24, 2.45) is 5.10 Å². The molecule has 2 aromatic rings. The third-order valence-corrected chi connectivity index (χ3v) is 3.43. The monoisotopic (exact) mass is 358 g/mol. The van der Waals surface area contributed by atoms with E-state index in [1.807, 2.05) is 31.2 Å². The Bertz CT molecular complexity index is 791. The molecule has 8 heteroatoms. The van der Waals surface area contributed by atoms with E-state index in [2.05, 4.69) is 15.8 Å². The average Bonchev–Trinajstić information content (AvgIpc) is 2.58. The summed E-state index contributed by atoms with van der Waals surface area (Å²) in [6.45, 7) is 4.22. The standard InChI is InChI=1S/C17H18N4O3S/c1-3-24-15-8-6-14(7-9-15)19-17(25)20-18-11-13-5-4-12(2)16(10-13)21(22)23/h4-11H,3H2,1-2H3,(H2,19,20,25)/b18-11-. The first kappa shape index (κ1) is 18.3. The van der Waals surface area contributed by atoms with Gasteiger partial charge in [0.1, 0.15) is 5.75 Å². The van der Waals surface area contributed by atoms with Gasteiger partial charge in [0.05, 0.1) is 17.7 Å². The number of hydrazone groups is 1. The number of benzene rings is 2. The van der Waals surface area contributed by atoms with Crippen LogP contribution in [0.5, 0.6) is 5.75 Å². The molecule has 0 fully saturated rings.